The second-order valence-electron chi connectivity index (χ2n) is 7.17. The molecule has 0 bridgehead atoms. The summed E-state index contributed by atoms with van der Waals surface area (Å²) in [5, 5.41) is 12.0. The van der Waals surface area contributed by atoms with Crippen LogP contribution in [0.2, 0.25) is 0 Å². The largest absolute Gasteiger partial charge is 0.497 e. The number of carbonyl (C=O) groups excluding carboxylic acids is 1. The van der Waals surface area contributed by atoms with E-state index in [-0.39, 0.29) is 11.6 Å². The third kappa shape index (κ3) is 5.70. The highest BCUT2D eigenvalue weighted by atomic mass is 32.2. The molecule has 2 aromatic carbocycles. The van der Waals surface area contributed by atoms with Gasteiger partial charge in [0.15, 0.2) is 10.9 Å². The highest BCUT2D eigenvalue weighted by molar-refractivity contribution is 7.98. The Hall–Kier alpha value is -3.92. The first kappa shape index (κ1) is 23.2. The predicted molar refractivity (Wildman–Crippen MR) is 129 cm³/mol. The number of thioether (sulfide) groups is 1. The second-order valence-corrected chi connectivity index (χ2v) is 8.11. The van der Waals surface area contributed by atoms with Gasteiger partial charge in [0.1, 0.15) is 11.5 Å². The molecule has 0 radical (unpaired) electrons. The molecule has 0 aliphatic heterocycles. The average molecular weight is 477 g/mol. The highest BCUT2D eigenvalue weighted by Gasteiger charge is 2.21. The monoisotopic (exact) mass is 476 g/mol. The van der Waals surface area contributed by atoms with Crippen LogP contribution in [0.1, 0.15) is 21.7 Å². The van der Waals surface area contributed by atoms with Crippen molar-refractivity contribution < 1.29 is 14.3 Å². The van der Waals surface area contributed by atoms with Crippen molar-refractivity contribution in [3.05, 3.63) is 83.9 Å². The molecule has 9 nitrogen and oxygen atoms in total. The Bertz CT molecular complexity index is 1210. The van der Waals surface area contributed by atoms with Gasteiger partial charge in [0.2, 0.25) is 0 Å². The summed E-state index contributed by atoms with van der Waals surface area (Å²) < 4.78 is 12.1. The van der Waals surface area contributed by atoms with Gasteiger partial charge in [0.25, 0.3) is 5.91 Å². The third-order valence-electron chi connectivity index (χ3n) is 5.03. The Morgan fingerprint density at radius 2 is 1.62 bits per heavy atom. The molecule has 0 aliphatic rings. The van der Waals surface area contributed by atoms with Gasteiger partial charge in [-0.15, -0.1) is 5.10 Å². The molecule has 4 aromatic rings. The van der Waals surface area contributed by atoms with Gasteiger partial charge in [-0.1, -0.05) is 29.1 Å². The summed E-state index contributed by atoms with van der Waals surface area (Å²) in [5.41, 5.74) is 2.80. The number of aromatic nitrogens is 5. The fourth-order valence-electron chi connectivity index (χ4n) is 3.23. The molecule has 2 aromatic heterocycles. The molecule has 0 spiro atoms. The van der Waals surface area contributed by atoms with Crippen molar-refractivity contribution in [3.63, 3.8) is 0 Å². The zero-order valence-electron chi connectivity index (χ0n) is 18.8. The number of benzene rings is 2. The molecular weight excluding hydrogens is 452 g/mol. The lowest BCUT2D eigenvalue weighted by molar-refractivity contribution is 0.0948. The number of rotatable bonds is 10. The second kappa shape index (κ2) is 11.3. The summed E-state index contributed by atoms with van der Waals surface area (Å²) >= 11 is 1.41. The van der Waals surface area contributed by atoms with E-state index in [9.17, 15) is 4.79 Å². The van der Waals surface area contributed by atoms with Crippen LogP contribution in [-0.2, 0) is 12.2 Å². The van der Waals surface area contributed by atoms with Gasteiger partial charge in [-0.05, 0) is 54.4 Å². The normalized spacial score (nSPS) is 10.6. The maximum absolute atomic E-state index is 13.0. The van der Waals surface area contributed by atoms with Crippen LogP contribution in [0.25, 0.3) is 5.69 Å². The first-order chi connectivity index (χ1) is 16.7. The number of nitrogens with one attached hydrogen (secondary N) is 1. The van der Waals surface area contributed by atoms with Crippen LogP contribution in [0.3, 0.4) is 0 Å². The van der Waals surface area contributed by atoms with E-state index < -0.39 is 0 Å². The Labute approximate surface area is 201 Å². The topological polar surface area (TPSA) is 104 Å². The lowest BCUT2D eigenvalue weighted by atomic mass is 10.1. The third-order valence-corrected chi connectivity index (χ3v) is 5.92. The van der Waals surface area contributed by atoms with Crippen LogP contribution in [0.4, 0.5) is 0 Å². The van der Waals surface area contributed by atoms with Gasteiger partial charge >= 0.3 is 0 Å². The summed E-state index contributed by atoms with van der Waals surface area (Å²) in [7, 11) is 3.24. The average Bonchev–Trinajstić information content (AvgIpc) is 3.32. The van der Waals surface area contributed by atoms with E-state index in [0.717, 1.165) is 22.7 Å². The summed E-state index contributed by atoms with van der Waals surface area (Å²) in [5.74, 6) is 1.67. The van der Waals surface area contributed by atoms with Gasteiger partial charge in [0, 0.05) is 24.7 Å². The molecule has 0 saturated carbocycles. The van der Waals surface area contributed by atoms with Crippen LogP contribution >= 0.6 is 11.8 Å². The number of hydrogen-bond acceptors (Lipinski definition) is 8. The van der Waals surface area contributed by atoms with Crippen molar-refractivity contribution in [2.45, 2.75) is 17.3 Å². The predicted octanol–water partition coefficient (Wildman–Crippen LogP) is 3.34. The summed E-state index contributed by atoms with van der Waals surface area (Å²) in [6.45, 7) is 0.467. The number of hydrogen-bond donors (Lipinski definition) is 1. The van der Waals surface area contributed by atoms with Crippen LogP contribution in [0.15, 0.2) is 72.1 Å². The van der Waals surface area contributed by atoms with E-state index in [1.165, 1.54) is 11.8 Å². The number of carbonyl (C=O) groups is 1. The molecule has 0 saturated heterocycles. The quantitative estimate of drug-likeness (QED) is 0.275. The Morgan fingerprint density at radius 3 is 2.26 bits per heavy atom. The van der Waals surface area contributed by atoms with E-state index in [2.05, 4.69) is 25.6 Å². The zero-order valence-corrected chi connectivity index (χ0v) is 19.7. The molecule has 0 aliphatic carbocycles. The molecule has 0 fully saturated rings. The summed E-state index contributed by atoms with van der Waals surface area (Å²) in [6.07, 6.45) is 4.05. The SMILES string of the molecule is COc1ccc(CCNC(=O)c2nnn(-c3ccc(OC)cc3)c2CSc2ncccn2)cc1. The van der Waals surface area contributed by atoms with Gasteiger partial charge < -0.3 is 14.8 Å². The molecule has 1 amide bonds. The first-order valence-electron chi connectivity index (χ1n) is 10.6. The van der Waals surface area contributed by atoms with Crippen LogP contribution in [0, 0.1) is 0 Å². The Kier molecular flexibility index (Phi) is 7.71. The van der Waals surface area contributed by atoms with E-state index in [1.807, 2.05) is 48.5 Å². The van der Waals surface area contributed by atoms with Gasteiger partial charge in [-0.2, -0.15) is 0 Å². The molecule has 1 N–H and O–H groups in total. The van der Waals surface area contributed by atoms with E-state index in [0.29, 0.717) is 29.6 Å². The molecule has 10 heteroatoms. The van der Waals surface area contributed by atoms with Crippen LogP contribution < -0.4 is 14.8 Å². The van der Waals surface area contributed by atoms with Crippen molar-refractivity contribution in [2.75, 3.05) is 20.8 Å². The van der Waals surface area contributed by atoms with Crippen LogP contribution in [-0.4, -0.2) is 51.6 Å². The number of methoxy groups -OCH3 is 2. The van der Waals surface area contributed by atoms with E-state index >= 15 is 0 Å². The van der Waals surface area contributed by atoms with Gasteiger partial charge in [-0.3, -0.25) is 4.79 Å². The molecule has 34 heavy (non-hydrogen) atoms. The van der Waals surface area contributed by atoms with Crippen LogP contribution in [0.5, 0.6) is 11.5 Å². The molecule has 0 unspecified atom stereocenters. The van der Waals surface area contributed by atoms with Gasteiger partial charge in [-0.25, -0.2) is 14.6 Å². The Balaban J connectivity index is 1.51. The molecule has 0 atom stereocenters. The maximum atomic E-state index is 13.0. The van der Waals surface area contributed by atoms with E-state index in [1.54, 1.807) is 37.4 Å². The lowest BCUT2D eigenvalue weighted by Gasteiger charge is -2.09. The zero-order chi connectivity index (χ0) is 23.8. The van der Waals surface area contributed by atoms with E-state index in [4.69, 9.17) is 9.47 Å². The number of nitrogens with zero attached hydrogens (tertiary/aromatic N) is 5. The van der Waals surface area contributed by atoms with Crippen molar-refractivity contribution in [1.29, 1.82) is 0 Å². The number of amides is 1. The number of ether oxygens (including phenoxy) is 2. The first-order valence-corrected chi connectivity index (χ1v) is 11.6. The minimum absolute atomic E-state index is 0.272. The fraction of sp³-hybridized carbons (Fsp3) is 0.208. The summed E-state index contributed by atoms with van der Waals surface area (Å²) in [6, 6.07) is 16.9. The lowest BCUT2D eigenvalue weighted by Crippen LogP contribution is -2.27. The standard InChI is InChI=1S/C24H24N6O3S/c1-32-19-8-4-17(5-9-19)12-15-25-23(31)22-21(16-34-24-26-13-3-14-27-24)30(29-28-22)18-6-10-20(33-2)11-7-18/h3-11,13-14H,12,15-16H2,1-2H3,(H,25,31). The van der Waals surface area contributed by atoms with Gasteiger partial charge in [0.05, 0.1) is 25.6 Å². The maximum Gasteiger partial charge on any atom is 0.273 e. The Morgan fingerprint density at radius 1 is 0.971 bits per heavy atom. The molecule has 4 rings (SSSR count). The van der Waals surface area contributed by atoms with Crippen molar-refractivity contribution in [3.8, 4) is 17.2 Å². The smallest absolute Gasteiger partial charge is 0.273 e. The highest BCUT2D eigenvalue weighted by Crippen LogP contribution is 2.24. The minimum Gasteiger partial charge on any atom is -0.497 e. The van der Waals surface area contributed by atoms with Crippen molar-refractivity contribution in [2.24, 2.45) is 0 Å². The molecule has 174 valence electrons. The molecular formula is C24H24N6O3S. The minimum atomic E-state index is -0.280. The molecule has 2 heterocycles. The fourth-order valence-corrected chi connectivity index (χ4v) is 4.02. The summed E-state index contributed by atoms with van der Waals surface area (Å²) in [4.78, 5) is 21.5. The van der Waals surface area contributed by atoms with Crippen molar-refractivity contribution >= 4 is 17.7 Å². The van der Waals surface area contributed by atoms with Crippen molar-refractivity contribution in [1.82, 2.24) is 30.3 Å².